The number of unbranched alkanes of at least 4 members (excludes halogenated alkanes) is 20. The van der Waals surface area contributed by atoms with Crippen molar-refractivity contribution >= 4 is 11.9 Å². The number of carbonyl (C=O) groups is 2. The number of esters is 1. The first-order valence-corrected chi connectivity index (χ1v) is 24.9. The van der Waals surface area contributed by atoms with Gasteiger partial charge in [0.25, 0.3) is 0 Å². The number of ether oxygens (including phenoxy) is 1. The summed E-state index contributed by atoms with van der Waals surface area (Å²) in [6.45, 7) is 6.28. The predicted octanol–water partition coefficient (Wildman–Crippen LogP) is 14.8. The standard InChI is InChI=1S/C54H93NO5/c1-4-7-10-13-16-19-22-24-25-26-27-29-32-35-38-41-44-47-54(59)60-50(45-42-39-36-33-31-28-23-20-17-14-11-8-5-2)48-53(58)55-51(49-56)52(57)46-43-40-37-34-30-21-18-15-12-9-6-3/h8,11,14,16-17,19-20,23-25,27-29,31,50-52,56-57H,4-7,9-10,12-13,15,18,21-22,26,30,32-49H2,1-3H3,(H,55,58)/b11-8+,17-14+,19-16-,23-20+,25-24-,29-27-,31-28-. The molecule has 6 heteroatoms. The van der Waals surface area contributed by atoms with Crippen LogP contribution in [-0.2, 0) is 14.3 Å². The summed E-state index contributed by atoms with van der Waals surface area (Å²) >= 11 is 0. The highest BCUT2D eigenvalue weighted by Crippen LogP contribution is 2.17. The number of amides is 1. The van der Waals surface area contributed by atoms with Crippen molar-refractivity contribution in [1.82, 2.24) is 5.32 Å². The van der Waals surface area contributed by atoms with Crippen molar-refractivity contribution in [2.24, 2.45) is 0 Å². The monoisotopic (exact) mass is 836 g/mol. The van der Waals surface area contributed by atoms with Crippen LogP contribution in [0.15, 0.2) is 85.1 Å². The second-order valence-corrected chi connectivity index (χ2v) is 16.6. The lowest BCUT2D eigenvalue weighted by atomic mass is 10.0. The molecule has 0 saturated carbocycles. The van der Waals surface area contributed by atoms with Crippen LogP contribution in [0.4, 0.5) is 0 Å². The molecule has 1 amide bonds. The third-order valence-electron chi connectivity index (χ3n) is 10.8. The molecule has 0 aliphatic rings. The van der Waals surface area contributed by atoms with Crippen LogP contribution in [0.3, 0.4) is 0 Å². The number of hydrogen-bond donors (Lipinski definition) is 3. The van der Waals surface area contributed by atoms with Crippen molar-refractivity contribution in [1.29, 1.82) is 0 Å². The molecule has 0 aliphatic carbocycles. The van der Waals surface area contributed by atoms with Crippen molar-refractivity contribution < 1.29 is 24.5 Å². The van der Waals surface area contributed by atoms with E-state index in [1.165, 1.54) is 77.0 Å². The molecule has 0 saturated heterocycles. The van der Waals surface area contributed by atoms with Gasteiger partial charge < -0.3 is 20.3 Å². The van der Waals surface area contributed by atoms with Crippen LogP contribution in [0, 0.1) is 0 Å². The van der Waals surface area contributed by atoms with Gasteiger partial charge in [-0.25, -0.2) is 0 Å². The Morgan fingerprint density at radius 3 is 1.57 bits per heavy atom. The van der Waals surface area contributed by atoms with Gasteiger partial charge in [-0.2, -0.15) is 0 Å². The third-order valence-corrected chi connectivity index (χ3v) is 10.8. The zero-order chi connectivity index (χ0) is 43.8. The van der Waals surface area contributed by atoms with Gasteiger partial charge in [-0.15, -0.1) is 0 Å². The summed E-state index contributed by atoms with van der Waals surface area (Å²) in [6, 6.07) is -0.722. The van der Waals surface area contributed by atoms with Gasteiger partial charge in [0, 0.05) is 6.42 Å². The van der Waals surface area contributed by atoms with Crippen molar-refractivity contribution in [3.05, 3.63) is 85.1 Å². The van der Waals surface area contributed by atoms with Gasteiger partial charge in [0.2, 0.25) is 5.91 Å². The van der Waals surface area contributed by atoms with Gasteiger partial charge in [-0.3, -0.25) is 9.59 Å². The molecular weight excluding hydrogens is 743 g/mol. The summed E-state index contributed by atoms with van der Waals surface area (Å²) in [6.07, 6.45) is 60.7. The lowest BCUT2D eigenvalue weighted by Crippen LogP contribution is -2.46. The molecule has 0 aromatic heterocycles. The van der Waals surface area contributed by atoms with Gasteiger partial charge in [0.15, 0.2) is 0 Å². The van der Waals surface area contributed by atoms with Gasteiger partial charge in [-0.05, 0) is 83.5 Å². The summed E-state index contributed by atoms with van der Waals surface area (Å²) in [7, 11) is 0. The molecule has 0 fully saturated rings. The molecule has 3 atom stereocenters. The van der Waals surface area contributed by atoms with E-state index < -0.39 is 18.2 Å². The Hall–Kier alpha value is -2.96. The molecule has 344 valence electrons. The van der Waals surface area contributed by atoms with Gasteiger partial charge in [0.05, 0.1) is 25.2 Å². The Labute approximate surface area is 370 Å². The Morgan fingerprint density at radius 1 is 0.517 bits per heavy atom. The molecular formula is C54H93NO5. The fourth-order valence-electron chi connectivity index (χ4n) is 7.03. The van der Waals surface area contributed by atoms with E-state index in [4.69, 9.17) is 4.74 Å². The van der Waals surface area contributed by atoms with Crippen LogP contribution in [0.5, 0.6) is 0 Å². The topological polar surface area (TPSA) is 95.9 Å². The minimum absolute atomic E-state index is 0.0380. The maximum absolute atomic E-state index is 13.2. The van der Waals surface area contributed by atoms with E-state index in [0.717, 1.165) is 96.3 Å². The number of allylic oxidation sites excluding steroid dienone is 14. The number of nitrogens with one attached hydrogen (secondary N) is 1. The average molecular weight is 836 g/mol. The van der Waals surface area contributed by atoms with Crippen molar-refractivity contribution in [3.63, 3.8) is 0 Å². The van der Waals surface area contributed by atoms with Crippen LogP contribution in [0.2, 0.25) is 0 Å². The number of aliphatic hydroxyl groups excluding tert-OH is 2. The minimum Gasteiger partial charge on any atom is -0.462 e. The molecule has 0 spiro atoms. The fourth-order valence-corrected chi connectivity index (χ4v) is 7.03. The Bertz CT molecular complexity index is 1160. The van der Waals surface area contributed by atoms with Crippen LogP contribution in [0.25, 0.3) is 0 Å². The molecule has 3 N–H and O–H groups in total. The smallest absolute Gasteiger partial charge is 0.306 e. The highest BCUT2D eigenvalue weighted by molar-refractivity contribution is 5.77. The summed E-state index contributed by atoms with van der Waals surface area (Å²) < 4.78 is 5.90. The van der Waals surface area contributed by atoms with E-state index in [1.54, 1.807) is 0 Å². The average Bonchev–Trinajstić information content (AvgIpc) is 3.24. The van der Waals surface area contributed by atoms with Crippen molar-refractivity contribution in [2.75, 3.05) is 6.61 Å². The van der Waals surface area contributed by atoms with E-state index in [2.05, 4.69) is 80.8 Å². The van der Waals surface area contributed by atoms with E-state index in [-0.39, 0.29) is 24.9 Å². The van der Waals surface area contributed by atoms with Gasteiger partial charge in [-0.1, -0.05) is 209 Å². The number of aliphatic hydroxyl groups is 2. The SMILES string of the molecule is CC/C=C/C=C/C=C/C=C\CCCCCC(CC(=O)NC(CO)C(O)CCCCCCCCCCCCC)OC(=O)CCCCCC/C=C\C/C=C\C/C=C\CCCCC. The van der Waals surface area contributed by atoms with Crippen molar-refractivity contribution in [3.8, 4) is 0 Å². The number of hydrogen-bond acceptors (Lipinski definition) is 5. The maximum Gasteiger partial charge on any atom is 0.306 e. The zero-order valence-electron chi connectivity index (χ0n) is 39.1. The van der Waals surface area contributed by atoms with Crippen molar-refractivity contribution in [2.45, 2.75) is 238 Å². The van der Waals surface area contributed by atoms with Gasteiger partial charge >= 0.3 is 5.97 Å². The summed E-state index contributed by atoms with van der Waals surface area (Å²) in [4.78, 5) is 26.1. The zero-order valence-corrected chi connectivity index (χ0v) is 39.1. The fraction of sp³-hybridized carbons (Fsp3) is 0.704. The Balaban J connectivity index is 4.69. The summed E-state index contributed by atoms with van der Waals surface area (Å²) in [5.74, 6) is -0.545. The molecule has 0 bridgehead atoms. The second kappa shape index (κ2) is 47.1. The lowest BCUT2D eigenvalue weighted by Gasteiger charge is -2.24. The summed E-state index contributed by atoms with van der Waals surface area (Å²) in [5, 5.41) is 23.7. The Morgan fingerprint density at radius 2 is 0.967 bits per heavy atom. The second-order valence-electron chi connectivity index (χ2n) is 16.6. The first-order chi connectivity index (χ1) is 29.5. The predicted molar refractivity (Wildman–Crippen MR) is 259 cm³/mol. The number of rotatable bonds is 43. The lowest BCUT2D eigenvalue weighted by molar-refractivity contribution is -0.151. The van der Waals surface area contributed by atoms with Gasteiger partial charge in [0.1, 0.15) is 6.10 Å². The first-order valence-electron chi connectivity index (χ1n) is 24.9. The molecule has 0 rings (SSSR count). The molecule has 0 heterocycles. The molecule has 0 radical (unpaired) electrons. The quantitative estimate of drug-likeness (QED) is 0.0246. The summed E-state index contributed by atoms with van der Waals surface area (Å²) in [5.41, 5.74) is 0. The van der Waals surface area contributed by atoms with Crippen LogP contribution < -0.4 is 5.32 Å². The molecule has 6 nitrogen and oxygen atoms in total. The highest BCUT2D eigenvalue weighted by Gasteiger charge is 2.24. The van der Waals surface area contributed by atoms with Crippen LogP contribution >= 0.6 is 0 Å². The van der Waals surface area contributed by atoms with E-state index in [0.29, 0.717) is 19.3 Å². The maximum atomic E-state index is 13.2. The Kier molecular flexibility index (Phi) is 44.8. The van der Waals surface area contributed by atoms with Crippen LogP contribution in [-0.4, -0.2) is 46.9 Å². The first kappa shape index (κ1) is 57.0. The minimum atomic E-state index is -0.806. The highest BCUT2D eigenvalue weighted by atomic mass is 16.5. The van der Waals surface area contributed by atoms with E-state index in [1.807, 2.05) is 30.4 Å². The van der Waals surface area contributed by atoms with E-state index in [9.17, 15) is 19.8 Å². The molecule has 3 unspecified atom stereocenters. The largest absolute Gasteiger partial charge is 0.462 e. The van der Waals surface area contributed by atoms with E-state index >= 15 is 0 Å². The molecule has 0 aliphatic heterocycles. The molecule has 0 aromatic rings. The number of carbonyl (C=O) groups excluding carboxylic acids is 2. The molecule has 0 aromatic carbocycles. The molecule has 60 heavy (non-hydrogen) atoms. The van der Waals surface area contributed by atoms with Crippen LogP contribution in [0.1, 0.15) is 220 Å². The normalized spacial score (nSPS) is 14.0. The third kappa shape index (κ3) is 41.8.